The summed E-state index contributed by atoms with van der Waals surface area (Å²) in [7, 11) is 0. The first-order chi connectivity index (χ1) is 11.8. The molecule has 0 amide bonds. The molecule has 0 radical (unpaired) electrons. The summed E-state index contributed by atoms with van der Waals surface area (Å²) in [6.45, 7) is 2.24. The molecule has 0 spiro atoms. The van der Waals surface area contributed by atoms with Crippen molar-refractivity contribution in [3.63, 3.8) is 0 Å². The van der Waals surface area contributed by atoms with Gasteiger partial charge < -0.3 is 4.90 Å². The van der Waals surface area contributed by atoms with Gasteiger partial charge in [0.15, 0.2) is 0 Å². The maximum atomic E-state index is 2.64. The molecule has 0 saturated heterocycles. The summed E-state index contributed by atoms with van der Waals surface area (Å²) in [5, 5.41) is 0. The fourth-order valence-electron chi connectivity index (χ4n) is 4.26. The van der Waals surface area contributed by atoms with Crippen molar-refractivity contribution in [2.45, 2.75) is 51.5 Å². The molecule has 0 aromatic heterocycles. The Labute approximate surface area is 146 Å². The molecule has 24 heavy (non-hydrogen) atoms. The van der Waals surface area contributed by atoms with E-state index in [9.17, 15) is 0 Å². The highest BCUT2D eigenvalue weighted by molar-refractivity contribution is 5.43. The minimum atomic E-state index is 0.449. The monoisotopic (exact) mass is 317 g/mol. The fraction of sp³-hybridized carbons (Fsp3) is 0.391. The van der Waals surface area contributed by atoms with Crippen molar-refractivity contribution in [1.29, 1.82) is 0 Å². The molecule has 0 saturated carbocycles. The van der Waals surface area contributed by atoms with Crippen molar-refractivity contribution in [3.05, 3.63) is 83.3 Å². The lowest BCUT2D eigenvalue weighted by molar-refractivity contribution is 0.335. The lowest BCUT2D eigenvalue weighted by Crippen LogP contribution is -2.36. The van der Waals surface area contributed by atoms with Crippen molar-refractivity contribution in [1.82, 2.24) is 4.90 Å². The molecular weight excluding hydrogens is 290 g/mol. The normalized spacial score (nSPS) is 28.5. The summed E-state index contributed by atoms with van der Waals surface area (Å²) in [6.07, 6.45) is 30.3. The lowest BCUT2D eigenvalue weighted by Gasteiger charge is -2.41. The van der Waals surface area contributed by atoms with Crippen LogP contribution in [0.3, 0.4) is 0 Å². The number of hydrogen-bond donors (Lipinski definition) is 0. The van der Waals surface area contributed by atoms with E-state index in [4.69, 9.17) is 0 Å². The van der Waals surface area contributed by atoms with Crippen molar-refractivity contribution in [2.24, 2.45) is 5.92 Å². The highest BCUT2D eigenvalue weighted by atomic mass is 15.2. The van der Waals surface area contributed by atoms with Gasteiger partial charge in [-0.15, -0.1) is 0 Å². The predicted molar refractivity (Wildman–Crippen MR) is 102 cm³/mol. The zero-order valence-electron chi connectivity index (χ0n) is 14.6. The lowest BCUT2D eigenvalue weighted by atomic mass is 9.80. The average Bonchev–Trinajstić information content (AvgIpc) is 2.65. The largest absolute Gasteiger partial charge is 0.338 e. The van der Waals surface area contributed by atoms with Crippen molar-refractivity contribution in [3.8, 4) is 0 Å². The summed E-state index contributed by atoms with van der Waals surface area (Å²) < 4.78 is 0. The minimum Gasteiger partial charge on any atom is -0.338 e. The molecule has 0 bridgehead atoms. The Morgan fingerprint density at radius 2 is 1.88 bits per heavy atom. The van der Waals surface area contributed by atoms with Gasteiger partial charge in [-0.2, -0.15) is 0 Å². The molecule has 0 aliphatic heterocycles. The van der Waals surface area contributed by atoms with Crippen LogP contribution in [0, 0.1) is 5.92 Å². The van der Waals surface area contributed by atoms with Gasteiger partial charge >= 0.3 is 0 Å². The fourth-order valence-corrected chi connectivity index (χ4v) is 4.26. The molecule has 2 unspecified atom stereocenters. The van der Waals surface area contributed by atoms with Crippen LogP contribution in [-0.2, 0) is 0 Å². The molecular formula is C23H27N. The van der Waals surface area contributed by atoms with E-state index in [-0.39, 0.29) is 0 Å². The van der Waals surface area contributed by atoms with Crippen LogP contribution in [0.4, 0.5) is 0 Å². The van der Waals surface area contributed by atoms with Gasteiger partial charge in [0.25, 0.3) is 0 Å². The number of hydrogen-bond acceptors (Lipinski definition) is 1. The molecule has 124 valence electrons. The third-order valence-electron chi connectivity index (χ3n) is 5.62. The predicted octanol–water partition coefficient (Wildman–Crippen LogP) is 5.98. The van der Waals surface area contributed by atoms with E-state index in [0.717, 1.165) is 12.8 Å². The average molecular weight is 317 g/mol. The van der Waals surface area contributed by atoms with E-state index in [0.29, 0.717) is 12.0 Å². The van der Waals surface area contributed by atoms with Gasteiger partial charge in [-0.25, -0.2) is 0 Å². The van der Waals surface area contributed by atoms with Gasteiger partial charge in [-0.1, -0.05) is 60.3 Å². The molecule has 0 fully saturated rings. The molecule has 0 aromatic rings. The highest BCUT2D eigenvalue weighted by Gasteiger charge is 2.30. The maximum Gasteiger partial charge on any atom is 0.0556 e. The zero-order valence-corrected chi connectivity index (χ0v) is 14.6. The molecule has 4 rings (SSSR count). The van der Waals surface area contributed by atoms with Crippen LogP contribution in [0.2, 0.25) is 0 Å². The number of rotatable bonds is 3. The van der Waals surface area contributed by atoms with Crippen LogP contribution in [0.15, 0.2) is 83.3 Å². The van der Waals surface area contributed by atoms with Gasteiger partial charge in [-0.05, 0) is 63.0 Å². The van der Waals surface area contributed by atoms with E-state index in [1.165, 1.54) is 42.7 Å². The van der Waals surface area contributed by atoms with Crippen LogP contribution in [0.1, 0.15) is 45.4 Å². The Hall–Kier alpha value is -2.02. The smallest absolute Gasteiger partial charge is 0.0556 e. The Morgan fingerprint density at radius 1 is 0.958 bits per heavy atom. The van der Waals surface area contributed by atoms with E-state index in [1.54, 1.807) is 5.57 Å². The second kappa shape index (κ2) is 6.84. The van der Waals surface area contributed by atoms with Crippen molar-refractivity contribution >= 4 is 0 Å². The Bertz CT molecular complexity index is 708. The molecule has 1 nitrogen and oxygen atoms in total. The van der Waals surface area contributed by atoms with Gasteiger partial charge in [0.2, 0.25) is 0 Å². The van der Waals surface area contributed by atoms with Crippen LogP contribution in [0.25, 0.3) is 0 Å². The number of allylic oxidation sites excluding steroid dienone is 11. The second-order valence-corrected chi connectivity index (χ2v) is 7.31. The van der Waals surface area contributed by atoms with Crippen LogP contribution in [-0.4, -0.2) is 10.9 Å². The molecule has 4 aliphatic carbocycles. The maximum absolute atomic E-state index is 2.64. The third kappa shape index (κ3) is 3.00. The van der Waals surface area contributed by atoms with Crippen molar-refractivity contribution < 1.29 is 0 Å². The second-order valence-electron chi connectivity index (χ2n) is 7.31. The summed E-state index contributed by atoms with van der Waals surface area (Å²) in [5.74, 6) is 0.710. The molecule has 0 heterocycles. The molecule has 4 aliphatic rings. The van der Waals surface area contributed by atoms with E-state index < -0.39 is 0 Å². The number of fused-ring (bicyclic) bond motifs is 1. The summed E-state index contributed by atoms with van der Waals surface area (Å²) in [4.78, 5) is 2.64. The standard InChI is InChI=1S/C23H27N/c1-18-14-16-21(17-15-18)24(20-10-3-2-4-11-20)23-13-7-9-19-8-5-6-12-22(19)23/h2-6,10,12-14,16,19-20H,7-9,11,15,17H2,1H3. The zero-order chi connectivity index (χ0) is 16.4. The van der Waals surface area contributed by atoms with Crippen LogP contribution in [0.5, 0.6) is 0 Å². The third-order valence-corrected chi connectivity index (χ3v) is 5.62. The van der Waals surface area contributed by atoms with Gasteiger partial charge in [-0.3, -0.25) is 0 Å². The molecule has 0 aromatic carbocycles. The van der Waals surface area contributed by atoms with E-state index >= 15 is 0 Å². The first-order valence-electron chi connectivity index (χ1n) is 9.39. The topological polar surface area (TPSA) is 3.24 Å². The van der Waals surface area contributed by atoms with E-state index in [1.807, 2.05) is 0 Å². The molecule has 1 heteroatoms. The van der Waals surface area contributed by atoms with Gasteiger partial charge in [0.1, 0.15) is 0 Å². The quantitative estimate of drug-likeness (QED) is 0.619. The highest BCUT2D eigenvalue weighted by Crippen LogP contribution is 2.40. The Balaban J connectivity index is 1.73. The molecule has 0 N–H and O–H groups in total. The Kier molecular flexibility index (Phi) is 4.42. The van der Waals surface area contributed by atoms with Gasteiger partial charge in [0.05, 0.1) is 6.04 Å². The Morgan fingerprint density at radius 3 is 2.67 bits per heavy atom. The summed E-state index contributed by atoms with van der Waals surface area (Å²) in [6, 6.07) is 0.449. The SMILES string of the molecule is CC1=CC=C(N(C2=CCCC3CC=CC=C23)C2C=CC=CC2)CC1. The summed E-state index contributed by atoms with van der Waals surface area (Å²) in [5.41, 5.74) is 6.00. The van der Waals surface area contributed by atoms with Crippen LogP contribution >= 0.6 is 0 Å². The first kappa shape index (κ1) is 15.5. The van der Waals surface area contributed by atoms with E-state index in [2.05, 4.69) is 72.6 Å². The van der Waals surface area contributed by atoms with Gasteiger partial charge in [0, 0.05) is 11.4 Å². The minimum absolute atomic E-state index is 0.449. The number of nitrogens with zero attached hydrogens (tertiary/aromatic N) is 1. The van der Waals surface area contributed by atoms with Crippen molar-refractivity contribution in [2.75, 3.05) is 0 Å². The first-order valence-corrected chi connectivity index (χ1v) is 9.39. The molecule has 2 atom stereocenters. The van der Waals surface area contributed by atoms with Crippen LogP contribution < -0.4 is 0 Å². The summed E-state index contributed by atoms with van der Waals surface area (Å²) >= 11 is 0.